The summed E-state index contributed by atoms with van der Waals surface area (Å²) in [5, 5.41) is 23.8. The SMILES string of the molecule is CCCc1ccc(-c2ccc(C3CCNCC3)cc2)c(-c2nn[nH]n2)c1S(N)=O. The van der Waals surface area contributed by atoms with Crippen molar-refractivity contribution >= 4 is 11.0 Å². The minimum Gasteiger partial charge on any atom is -0.317 e. The molecule has 1 aliphatic heterocycles. The molecule has 4 N–H and O–H groups in total. The van der Waals surface area contributed by atoms with Crippen molar-refractivity contribution in [2.45, 2.75) is 43.4 Å². The first-order valence-corrected chi connectivity index (χ1v) is 11.3. The van der Waals surface area contributed by atoms with Crippen molar-refractivity contribution in [2.24, 2.45) is 5.14 Å². The van der Waals surface area contributed by atoms with Crippen LogP contribution >= 0.6 is 0 Å². The van der Waals surface area contributed by atoms with Gasteiger partial charge in [-0.15, -0.1) is 10.2 Å². The van der Waals surface area contributed by atoms with Crippen molar-refractivity contribution in [3.63, 3.8) is 0 Å². The summed E-state index contributed by atoms with van der Waals surface area (Å²) in [7, 11) is -1.66. The number of hydrogen-bond acceptors (Lipinski definition) is 5. The molecule has 7 nitrogen and oxygen atoms in total. The van der Waals surface area contributed by atoms with Gasteiger partial charge in [0.1, 0.15) is 11.0 Å². The molecule has 0 bridgehead atoms. The molecule has 8 heteroatoms. The van der Waals surface area contributed by atoms with E-state index in [9.17, 15) is 4.21 Å². The zero-order valence-corrected chi connectivity index (χ0v) is 17.3. The Balaban J connectivity index is 1.81. The highest BCUT2D eigenvalue weighted by Gasteiger charge is 2.22. The Morgan fingerprint density at radius 3 is 2.52 bits per heavy atom. The minimum absolute atomic E-state index is 0.411. The Kier molecular flexibility index (Phi) is 6.13. The zero-order chi connectivity index (χ0) is 20.2. The van der Waals surface area contributed by atoms with Gasteiger partial charge >= 0.3 is 0 Å². The summed E-state index contributed by atoms with van der Waals surface area (Å²) >= 11 is 0. The van der Waals surface area contributed by atoms with E-state index in [1.165, 1.54) is 5.56 Å². The van der Waals surface area contributed by atoms with Crippen LogP contribution in [0.2, 0.25) is 0 Å². The van der Waals surface area contributed by atoms with E-state index < -0.39 is 11.0 Å². The average Bonchev–Trinajstić information content (AvgIpc) is 3.29. The van der Waals surface area contributed by atoms with Crippen LogP contribution in [0.25, 0.3) is 22.5 Å². The van der Waals surface area contributed by atoms with E-state index in [1.54, 1.807) is 0 Å². The Bertz CT molecular complexity index is 981. The number of aromatic amines is 1. The molecule has 152 valence electrons. The highest BCUT2D eigenvalue weighted by Crippen LogP contribution is 2.37. The number of piperidine rings is 1. The molecular formula is C21H26N6OS. The van der Waals surface area contributed by atoms with Gasteiger partial charge in [-0.3, -0.25) is 0 Å². The second-order valence-corrected chi connectivity index (χ2v) is 8.41. The quantitative estimate of drug-likeness (QED) is 0.579. The second kappa shape index (κ2) is 8.94. The zero-order valence-electron chi connectivity index (χ0n) is 16.5. The molecule has 0 amide bonds. The van der Waals surface area contributed by atoms with Crippen molar-refractivity contribution in [1.82, 2.24) is 25.9 Å². The summed E-state index contributed by atoms with van der Waals surface area (Å²) in [5.74, 6) is 1.01. The normalized spacial score (nSPS) is 16.1. The van der Waals surface area contributed by atoms with E-state index in [1.807, 2.05) is 12.1 Å². The molecular weight excluding hydrogens is 384 g/mol. The monoisotopic (exact) mass is 410 g/mol. The lowest BCUT2D eigenvalue weighted by Crippen LogP contribution is -2.26. The molecule has 1 unspecified atom stereocenters. The number of nitrogens with one attached hydrogen (secondary N) is 2. The van der Waals surface area contributed by atoms with Gasteiger partial charge in [-0.2, -0.15) is 5.21 Å². The topological polar surface area (TPSA) is 110 Å². The number of nitrogens with zero attached hydrogens (tertiary/aromatic N) is 3. The summed E-state index contributed by atoms with van der Waals surface area (Å²) in [6.07, 6.45) is 4.04. The maximum atomic E-state index is 12.5. The maximum absolute atomic E-state index is 12.5. The fourth-order valence-electron chi connectivity index (χ4n) is 4.14. The third-order valence-electron chi connectivity index (χ3n) is 5.56. The standard InChI is InChI=1S/C21H26N6OS/c1-2-3-17-8-9-18(19(20(17)29(22)28)21-24-26-27-25-21)16-6-4-14(5-7-16)15-10-12-23-13-11-15/h4-9,15,23H,2-3,10-13,22H2,1H3,(H,24,25,26,27). The third-order valence-corrected chi connectivity index (χ3v) is 6.43. The Hall–Kier alpha value is -2.42. The van der Waals surface area contributed by atoms with Crippen molar-refractivity contribution in [3.8, 4) is 22.5 Å². The van der Waals surface area contributed by atoms with Gasteiger partial charge in [-0.1, -0.05) is 49.7 Å². The molecule has 3 aromatic rings. The third kappa shape index (κ3) is 4.14. The van der Waals surface area contributed by atoms with Gasteiger partial charge in [0.2, 0.25) is 5.82 Å². The van der Waals surface area contributed by atoms with Gasteiger partial charge in [0.15, 0.2) is 0 Å². The van der Waals surface area contributed by atoms with E-state index in [0.29, 0.717) is 22.2 Å². The summed E-state index contributed by atoms with van der Waals surface area (Å²) in [5.41, 5.74) is 4.96. The number of H-pyrrole nitrogens is 1. The van der Waals surface area contributed by atoms with Crippen LogP contribution in [-0.4, -0.2) is 37.9 Å². The lowest BCUT2D eigenvalue weighted by molar-refractivity contribution is 0.460. The summed E-state index contributed by atoms with van der Waals surface area (Å²) in [4.78, 5) is 0.591. The predicted octanol–water partition coefficient (Wildman–Crippen LogP) is 2.93. The number of tetrazole rings is 1. The molecule has 2 heterocycles. The smallest absolute Gasteiger partial charge is 0.206 e. The van der Waals surface area contributed by atoms with Crippen LogP contribution in [0.4, 0.5) is 0 Å². The van der Waals surface area contributed by atoms with Crippen molar-refractivity contribution in [1.29, 1.82) is 0 Å². The Morgan fingerprint density at radius 1 is 1.14 bits per heavy atom. The number of aromatic nitrogens is 4. The van der Waals surface area contributed by atoms with Crippen LogP contribution < -0.4 is 10.5 Å². The molecule has 0 radical (unpaired) electrons. The minimum atomic E-state index is -1.66. The molecule has 4 rings (SSSR count). The van der Waals surface area contributed by atoms with Gasteiger partial charge in [0.25, 0.3) is 0 Å². The molecule has 1 aromatic heterocycles. The van der Waals surface area contributed by atoms with Crippen molar-refractivity contribution < 1.29 is 4.21 Å². The highest BCUT2D eigenvalue weighted by molar-refractivity contribution is 7.83. The summed E-state index contributed by atoms with van der Waals surface area (Å²) in [6, 6.07) is 12.7. The molecule has 0 spiro atoms. The number of aryl methyl sites for hydroxylation is 1. The number of benzene rings is 2. The Morgan fingerprint density at radius 2 is 1.90 bits per heavy atom. The molecule has 0 saturated carbocycles. The fourth-order valence-corrected chi connectivity index (χ4v) is 4.97. The van der Waals surface area contributed by atoms with E-state index in [2.05, 4.69) is 57.1 Å². The average molecular weight is 411 g/mol. The van der Waals surface area contributed by atoms with Crippen molar-refractivity contribution in [3.05, 3.63) is 47.5 Å². The molecule has 1 atom stereocenters. The first-order chi connectivity index (χ1) is 14.2. The van der Waals surface area contributed by atoms with Crippen LogP contribution in [0, 0.1) is 0 Å². The molecule has 2 aromatic carbocycles. The molecule has 1 fully saturated rings. The van der Waals surface area contributed by atoms with E-state index in [4.69, 9.17) is 5.14 Å². The van der Waals surface area contributed by atoms with E-state index >= 15 is 0 Å². The van der Waals surface area contributed by atoms with Crippen LogP contribution in [-0.2, 0) is 17.4 Å². The van der Waals surface area contributed by atoms with Gasteiger partial charge in [0, 0.05) is 5.56 Å². The molecule has 0 aliphatic carbocycles. The predicted molar refractivity (Wildman–Crippen MR) is 114 cm³/mol. The first-order valence-electron chi connectivity index (χ1n) is 10.1. The van der Waals surface area contributed by atoms with E-state index in [0.717, 1.165) is 55.5 Å². The van der Waals surface area contributed by atoms with Gasteiger partial charge in [0.05, 0.1) is 4.90 Å². The van der Waals surface area contributed by atoms with E-state index in [-0.39, 0.29) is 0 Å². The Labute approximate surface area is 173 Å². The van der Waals surface area contributed by atoms with Crippen LogP contribution in [0.1, 0.15) is 43.2 Å². The molecule has 1 aliphatic rings. The molecule has 1 saturated heterocycles. The first kappa shape index (κ1) is 19.9. The molecule has 29 heavy (non-hydrogen) atoms. The highest BCUT2D eigenvalue weighted by atomic mass is 32.2. The van der Waals surface area contributed by atoms with Crippen LogP contribution in [0.5, 0.6) is 0 Å². The number of rotatable bonds is 6. The number of hydrogen-bond donors (Lipinski definition) is 3. The van der Waals surface area contributed by atoms with Crippen molar-refractivity contribution in [2.75, 3.05) is 13.1 Å². The van der Waals surface area contributed by atoms with Gasteiger partial charge in [-0.25, -0.2) is 9.35 Å². The van der Waals surface area contributed by atoms with Crippen LogP contribution in [0.15, 0.2) is 41.3 Å². The van der Waals surface area contributed by atoms with Gasteiger partial charge < -0.3 is 5.32 Å². The van der Waals surface area contributed by atoms with Crippen LogP contribution in [0.3, 0.4) is 0 Å². The lowest BCUT2D eigenvalue weighted by atomic mass is 9.88. The maximum Gasteiger partial charge on any atom is 0.206 e. The van der Waals surface area contributed by atoms with Gasteiger partial charge in [-0.05, 0) is 65.7 Å². The summed E-state index contributed by atoms with van der Waals surface area (Å²) in [6.45, 7) is 4.22. The lowest BCUT2D eigenvalue weighted by Gasteiger charge is -2.23. The fraction of sp³-hybridized carbons (Fsp3) is 0.381. The number of nitrogens with two attached hydrogens (primary N) is 1. The summed E-state index contributed by atoms with van der Waals surface area (Å²) < 4.78 is 12.5. The largest absolute Gasteiger partial charge is 0.317 e. The second-order valence-electron chi connectivity index (χ2n) is 7.41.